The smallest absolute Gasteiger partial charge is 0.255 e. The molecule has 0 unspecified atom stereocenters. The fourth-order valence-corrected chi connectivity index (χ4v) is 2.72. The summed E-state index contributed by atoms with van der Waals surface area (Å²) >= 11 is 1.58. The molecule has 0 saturated heterocycles. The maximum Gasteiger partial charge on any atom is 0.255 e. The fourth-order valence-electron chi connectivity index (χ4n) is 2.15. The molecule has 25 heavy (non-hydrogen) atoms. The lowest BCUT2D eigenvalue weighted by Gasteiger charge is -2.06. The predicted molar refractivity (Wildman–Crippen MR) is 99.7 cm³/mol. The van der Waals surface area contributed by atoms with E-state index >= 15 is 0 Å². The van der Waals surface area contributed by atoms with Gasteiger partial charge in [-0.25, -0.2) is 0 Å². The summed E-state index contributed by atoms with van der Waals surface area (Å²) in [6, 6.07) is 17.4. The number of primary amides is 1. The van der Waals surface area contributed by atoms with Crippen molar-refractivity contribution in [2.45, 2.75) is 0 Å². The van der Waals surface area contributed by atoms with E-state index in [0.29, 0.717) is 16.8 Å². The van der Waals surface area contributed by atoms with Gasteiger partial charge in [-0.1, -0.05) is 24.0 Å². The van der Waals surface area contributed by atoms with Gasteiger partial charge in [-0.2, -0.15) is 0 Å². The monoisotopic (exact) mass is 346 g/mol. The Balaban J connectivity index is 1.73. The first kappa shape index (κ1) is 16.5. The average molecular weight is 346 g/mol. The number of carbonyl (C=O) groups excluding carboxylic acids is 2. The van der Waals surface area contributed by atoms with Crippen LogP contribution in [0.1, 0.15) is 31.2 Å². The zero-order valence-electron chi connectivity index (χ0n) is 13.2. The van der Waals surface area contributed by atoms with Crippen molar-refractivity contribution in [3.63, 3.8) is 0 Å². The van der Waals surface area contributed by atoms with Crippen LogP contribution in [0.15, 0.2) is 66.0 Å². The third-order valence-electron chi connectivity index (χ3n) is 3.40. The van der Waals surface area contributed by atoms with Crippen molar-refractivity contribution in [3.8, 4) is 11.8 Å². The van der Waals surface area contributed by atoms with E-state index in [1.807, 2.05) is 35.7 Å². The second-order valence-electron chi connectivity index (χ2n) is 5.20. The highest BCUT2D eigenvalue weighted by Gasteiger charge is 2.07. The van der Waals surface area contributed by atoms with E-state index in [-0.39, 0.29) is 5.91 Å². The summed E-state index contributed by atoms with van der Waals surface area (Å²) in [4.78, 5) is 24.3. The normalized spacial score (nSPS) is 9.76. The van der Waals surface area contributed by atoms with Gasteiger partial charge in [0.1, 0.15) is 0 Å². The molecule has 0 aliphatic rings. The number of carbonyl (C=O) groups is 2. The van der Waals surface area contributed by atoms with Gasteiger partial charge in [-0.3, -0.25) is 9.59 Å². The van der Waals surface area contributed by atoms with Gasteiger partial charge < -0.3 is 11.1 Å². The number of hydrogen-bond acceptors (Lipinski definition) is 3. The van der Waals surface area contributed by atoms with E-state index in [2.05, 4.69) is 17.2 Å². The molecule has 3 aromatic rings. The maximum atomic E-state index is 12.3. The minimum absolute atomic E-state index is 0.264. The van der Waals surface area contributed by atoms with Crippen LogP contribution in [-0.4, -0.2) is 11.8 Å². The zero-order chi connectivity index (χ0) is 17.6. The molecule has 1 aromatic heterocycles. The second kappa shape index (κ2) is 7.47. The summed E-state index contributed by atoms with van der Waals surface area (Å²) in [6.45, 7) is 0. The molecule has 122 valence electrons. The molecule has 0 saturated carbocycles. The molecule has 0 aliphatic heterocycles. The second-order valence-corrected chi connectivity index (χ2v) is 6.15. The Labute approximate surface area is 149 Å². The van der Waals surface area contributed by atoms with Crippen molar-refractivity contribution < 1.29 is 9.59 Å². The molecule has 0 atom stereocenters. The first-order chi connectivity index (χ1) is 12.1. The van der Waals surface area contributed by atoms with E-state index in [0.717, 1.165) is 10.4 Å². The minimum Gasteiger partial charge on any atom is -0.366 e. The Kier molecular flexibility index (Phi) is 4.93. The summed E-state index contributed by atoms with van der Waals surface area (Å²) in [6.07, 6.45) is 0. The molecule has 0 spiro atoms. The number of hydrogen-bond donors (Lipinski definition) is 2. The topological polar surface area (TPSA) is 72.2 Å². The van der Waals surface area contributed by atoms with Crippen molar-refractivity contribution in [2.24, 2.45) is 5.73 Å². The van der Waals surface area contributed by atoms with Gasteiger partial charge in [-0.15, -0.1) is 11.3 Å². The third-order valence-corrected chi connectivity index (χ3v) is 4.19. The van der Waals surface area contributed by atoms with Crippen molar-refractivity contribution in [1.29, 1.82) is 0 Å². The number of rotatable bonds is 3. The average Bonchev–Trinajstić information content (AvgIpc) is 3.14. The number of anilines is 1. The molecule has 1 heterocycles. The zero-order valence-corrected chi connectivity index (χ0v) is 14.0. The van der Waals surface area contributed by atoms with Gasteiger partial charge >= 0.3 is 0 Å². The van der Waals surface area contributed by atoms with Crippen LogP contribution in [0.5, 0.6) is 0 Å². The molecule has 0 bridgehead atoms. The highest BCUT2D eigenvalue weighted by molar-refractivity contribution is 7.10. The van der Waals surface area contributed by atoms with E-state index in [1.165, 1.54) is 12.1 Å². The minimum atomic E-state index is -0.524. The van der Waals surface area contributed by atoms with E-state index in [9.17, 15) is 9.59 Å². The Hall–Kier alpha value is -3.36. The van der Waals surface area contributed by atoms with Crippen LogP contribution in [0, 0.1) is 11.8 Å². The molecular weight excluding hydrogens is 332 g/mol. The number of amides is 2. The molecule has 0 fully saturated rings. The predicted octanol–water partition coefficient (Wildman–Crippen LogP) is 3.50. The number of benzene rings is 2. The van der Waals surface area contributed by atoms with Crippen LogP contribution in [0.3, 0.4) is 0 Å². The summed E-state index contributed by atoms with van der Waals surface area (Å²) in [7, 11) is 0. The molecule has 0 radical (unpaired) electrons. The molecule has 0 aliphatic carbocycles. The lowest BCUT2D eigenvalue weighted by molar-refractivity contribution is 0.0995. The molecule has 3 rings (SSSR count). The van der Waals surface area contributed by atoms with Gasteiger partial charge in [0.15, 0.2) is 0 Å². The van der Waals surface area contributed by atoms with Crippen LogP contribution in [0.2, 0.25) is 0 Å². The van der Waals surface area contributed by atoms with Crippen LogP contribution in [0.25, 0.3) is 0 Å². The molecule has 4 nitrogen and oxygen atoms in total. The van der Waals surface area contributed by atoms with Crippen LogP contribution in [-0.2, 0) is 0 Å². The Morgan fingerprint density at radius 1 is 0.920 bits per heavy atom. The van der Waals surface area contributed by atoms with E-state index < -0.39 is 5.91 Å². The fraction of sp³-hybridized carbons (Fsp3) is 0. The highest BCUT2D eigenvalue weighted by atomic mass is 32.1. The summed E-state index contributed by atoms with van der Waals surface area (Å²) < 4.78 is 0. The molecule has 3 N–H and O–H groups in total. The SMILES string of the molecule is NC(=O)c1ccc(C(=O)Nc2cccc(C#Cc3cccs3)c2)cc1. The first-order valence-electron chi connectivity index (χ1n) is 7.48. The summed E-state index contributed by atoms with van der Waals surface area (Å²) in [5.41, 5.74) is 7.47. The highest BCUT2D eigenvalue weighted by Crippen LogP contribution is 2.13. The van der Waals surface area contributed by atoms with Gasteiger partial charge in [0.05, 0.1) is 4.88 Å². The van der Waals surface area contributed by atoms with Crippen molar-refractivity contribution >= 4 is 28.8 Å². The lowest BCUT2D eigenvalue weighted by Crippen LogP contribution is -2.14. The number of thiophene rings is 1. The van der Waals surface area contributed by atoms with Crippen LogP contribution < -0.4 is 11.1 Å². The maximum absolute atomic E-state index is 12.3. The summed E-state index contributed by atoms with van der Waals surface area (Å²) in [5.74, 6) is 5.37. The Morgan fingerprint density at radius 2 is 1.68 bits per heavy atom. The molecule has 2 amide bonds. The van der Waals surface area contributed by atoms with Gasteiger partial charge in [0.25, 0.3) is 5.91 Å². The number of nitrogens with one attached hydrogen (secondary N) is 1. The van der Waals surface area contributed by atoms with Gasteiger partial charge in [-0.05, 0) is 53.9 Å². The van der Waals surface area contributed by atoms with Gasteiger partial charge in [0.2, 0.25) is 5.91 Å². The molecule has 5 heteroatoms. The largest absolute Gasteiger partial charge is 0.366 e. The lowest BCUT2D eigenvalue weighted by atomic mass is 10.1. The summed E-state index contributed by atoms with van der Waals surface area (Å²) in [5, 5.41) is 4.80. The van der Waals surface area contributed by atoms with Crippen molar-refractivity contribution in [3.05, 3.63) is 87.6 Å². The van der Waals surface area contributed by atoms with Crippen LogP contribution in [0.4, 0.5) is 5.69 Å². The van der Waals surface area contributed by atoms with E-state index in [4.69, 9.17) is 5.73 Å². The van der Waals surface area contributed by atoms with Crippen molar-refractivity contribution in [2.75, 3.05) is 5.32 Å². The Morgan fingerprint density at radius 3 is 2.36 bits per heavy atom. The van der Waals surface area contributed by atoms with E-state index in [1.54, 1.807) is 29.5 Å². The first-order valence-corrected chi connectivity index (χ1v) is 8.36. The number of nitrogens with two attached hydrogens (primary N) is 1. The van der Waals surface area contributed by atoms with Gasteiger partial charge in [0, 0.05) is 22.4 Å². The standard InChI is InChI=1S/C20H14N2O2S/c21-19(23)15-7-9-16(10-8-15)20(24)22-17-4-1-3-14(13-17)6-11-18-5-2-12-25-18/h1-5,7-10,12-13H,(H2,21,23)(H,22,24). The van der Waals surface area contributed by atoms with Crippen molar-refractivity contribution in [1.82, 2.24) is 0 Å². The van der Waals surface area contributed by atoms with Crippen LogP contribution >= 0.6 is 11.3 Å². The molecular formula is C20H14N2O2S. The Bertz CT molecular complexity index is 965. The molecule has 2 aromatic carbocycles. The third kappa shape index (κ3) is 4.34. The quantitative estimate of drug-likeness (QED) is 0.713.